The van der Waals surface area contributed by atoms with E-state index < -0.39 is 10.0 Å². The first-order valence-electron chi connectivity index (χ1n) is 5.64. The fourth-order valence-corrected chi connectivity index (χ4v) is 3.87. The molecule has 0 radical (unpaired) electrons. The number of hydrogen-bond acceptors (Lipinski definition) is 3. The van der Waals surface area contributed by atoms with Crippen LogP contribution in [0.15, 0.2) is 41.3 Å². The molecule has 0 saturated carbocycles. The highest BCUT2D eigenvalue weighted by molar-refractivity contribution is 7.93. The van der Waals surface area contributed by atoms with Crippen LogP contribution in [-0.4, -0.2) is 8.42 Å². The molecule has 2 rings (SSSR count). The highest BCUT2D eigenvalue weighted by Crippen LogP contribution is 2.32. The number of nitrogen functional groups attached to an aromatic ring is 1. The van der Waals surface area contributed by atoms with E-state index in [9.17, 15) is 8.42 Å². The van der Waals surface area contributed by atoms with Crippen LogP contribution in [0.3, 0.4) is 0 Å². The number of halogens is 2. The zero-order valence-corrected chi connectivity index (χ0v) is 12.9. The highest BCUT2D eigenvalue weighted by atomic mass is 35.5. The summed E-state index contributed by atoms with van der Waals surface area (Å²) in [6.07, 6.45) is 0. The molecule has 0 atom stereocenters. The fraction of sp³-hybridized carbons (Fsp3) is 0.0769. The van der Waals surface area contributed by atoms with Gasteiger partial charge in [0.2, 0.25) is 0 Å². The van der Waals surface area contributed by atoms with Crippen molar-refractivity contribution in [2.24, 2.45) is 0 Å². The maximum Gasteiger partial charge on any atom is 0.265 e. The summed E-state index contributed by atoms with van der Waals surface area (Å²) in [5.74, 6) is 0. The van der Waals surface area contributed by atoms with Crippen molar-refractivity contribution in [2.75, 3.05) is 10.5 Å². The highest BCUT2D eigenvalue weighted by Gasteiger charge is 2.22. The van der Waals surface area contributed by atoms with Crippen molar-refractivity contribution in [3.8, 4) is 0 Å². The Morgan fingerprint density at radius 2 is 1.80 bits per heavy atom. The first kappa shape index (κ1) is 15.0. The molecule has 106 valence electrons. The zero-order valence-electron chi connectivity index (χ0n) is 10.5. The Labute approximate surface area is 127 Å². The molecule has 4 nitrogen and oxygen atoms in total. The van der Waals surface area contributed by atoms with E-state index in [2.05, 4.69) is 4.72 Å². The molecule has 0 aromatic heterocycles. The number of benzene rings is 2. The van der Waals surface area contributed by atoms with E-state index in [1.54, 1.807) is 25.1 Å². The standard InChI is InChI=1S/C13H12Cl2N2O2S/c1-8-4-2-3-5-12(8)17-20(18,19)13-10(15)6-9(14)7-11(13)16/h2-7,17H,16H2,1H3. The summed E-state index contributed by atoms with van der Waals surface area (Å²) in [7, 11) is -3.88. The molecule has 2 aromatic rings. The fourth-order valence-electron chi connectivity index (χ4n) is 1.75. The number of para-hydroxylation sites is 1. The molecule has 20 heavy (non-hydrogen) atoms. The topological polar surface area (TPSA) is 72.2 Å². The average molecular weight is 331 g/mol. The molecule has 3 N–H and O–H groups in total. The van der Waals surface area contributed by atoms with E-state index in [0.29, 0.717) is 5.69 Å². The normalized spacial score (nSPS) is 11.3. The van der Waals surface area contributed by atoms with E-state index in [1.165, 1.54) is 12.1 Å². The Morgan fingerprint density at radius 3 is 2.40 bits per heavy atom. The van der Waals surface area contributed by atoms with Gasteiger partial charge in [-0.3, -0.25) is 4.72 Å². The van der Waals surface area contributed by atoms with Gasteiger partial charge in [-0.1, -0.05) is 41.4 Å². The Bertz CT molecular complexity index is 738. The quantitative estimate of drug-likeness (QED) is 0.843. The molecule has 0 aliphatic rings. The molecular formula is C13H12Cl2N2O2S. The van der Waals surface area contributed by atoms with Gasteiger partial charge in [0.05, 0.1) is 16.4 Å². The second kappa shape index (κ2) is 5.52. The molecule has 0 spiro atoms. The van der Waals surface area contributed by atoms with Gasteiger partial charge in [-0.2, -0.15) is 0 Å². The SMILES string of the molecule is Cc1ccccc1NS(=O)(=O)c1c(N)cc(Cl)cc1Cl. The molecule has 7 heteroatoms. The maximum atomic E-state index is 12.4. The Balaban J connectivity index is 2.50. The molecular weight excluding hydrogens is 319 g/mol. The third-order valence-corrected chi connectivity index (χ3v) is 4.81. The van der Waals surface area contributed by atoms with Crippen LogP contribution in [0.5, 0.6) is 0 Å². The lowest BCUT2D eigenvalue weighted by Gasteiger charge is -2.13. The van der Waals surface area contributed by atoms with Crippen molar-refractivity contribution in [3.05, 3.63) is 52.0 Å². The number of nitrogens with two attached hydrogens (primary N) is 1. The number of nitrogens with one attached hydrogen (secondary N) is 1. The smallest absolute Gasteiger partial charge is 0.265 e. The summed E-state index contributed by atoms with van der Waals surface area (Å²) in [6.45, 7) is 1.80. The van der Waals surface area contributed by atoms with Gasteiger partial charge in [0.1, 0.15) is 4.90 Å². The van der Waals surface area contributed by atoms with Crippen LogP contribution in [0, 0.1) is 6.92 Å². The predicted molar refractivity (Wildman–Crippen MR) is 82.9 cm³/mol. The maximum absolute atomic E-state index is 12.4. The summed E-state index contributed by atoms with van der Waals surface area (Å²) in [6, 6.07) is 9.69. The van der Waals surface area contributed by atoms with Gasteiger partial charge < -0.3 is 5.73 Å². The van der Waals surface area contributed by atoms with Gasteiger partial charge in [-0.05, 0) is 30.7 Å². The minimum atomic E-state index is -3.88. The van der Waals surface area contributed by atoms with Crippen LogP contribution >= 0.6 is 23.2 Å². The summed E-state index contributed by atoms with van der Waals surface area (Å²) >= 11 is 11.7. The second-order valence-corrected chi connectivity index (χ2v) is 6.69. The molecule has 0 amide bonds. The van der Waals surface area contributed by atoms with Crippen LogP contribution in [0.1, 0.15) is 5.56 Å². The van der Waals surface area contributed by atoms with Crippen LogP contribution in [0.25, 0.3) is 0 Å². The third kappa shape index (κ3) is 3.00. The lowest BCUT2D eigenvalue weighted by molar-refractivity contribution is 0.601. The minimum absolute atomic E-state index is 0.00332. The van der Waals surface area contributed by atoms with Crippen molar-refractivity contribution in [1.29, 1.82) is 0 Å². The number of anilines is 2. The van der Waals surface area contributed by atoms with E-state index in [4.69, 9.17) is 28.9 Å². The largest absolute Gasteiger partial charge is 0.398 e. The van der Waals surface area contributed by atoms with Gasteiger partial charge in [-0.25, -0.2) is 8.42 Å². The molecule has 0 heterocycles. The van der Waals surface area contributed by atoms with Crippen LogP contribution in [0.2, 0.25) is 10.0 Å². The first-order valence-corrected chi connectivity index (χ1v) is 7.88. The van der Waals surface area contributed by atoms with Crippen LogP contribution < -0.4 is 10.5 Å². The summed E-state index contributed by atoms with van der Waals surface area (Å²) in [4.78, 5) is -0.174. The number of aryl methyl sites for hydroxylation is 1. The Morgan fingerprint density at radius 1 is 1.15 bits per heavy atom. The molecule has 0 fully saturated rings. The lowest BCUT2D eigenvalue weighted by Crippen LogP contribution is -2.16. The molecule has 0 saturated heterocycles. The van der Waals surface area contributed by atoms with E-state index in [-0.39, 0.29) is 20.6 Å². The Kier molecular flexibility index (Phi) is 4.13. The van der Waals surface area contributed by atoms with Gasteiger partial charge in [-0.15, -0.1) is 0 Å². The van der Waals surface area contributed by atoms with E-state index >= 15 is 0 Å². The van der Waals surface area contributed by atoms with Gasteiger partial charge in [0.25, 0.3) is 10.0 Å². The van der Waals surface area contributed by atoms with Gasteiger partial charge >= 0.3 is 0 Å². The number of hydrogen-bond donors (Lipinski definition) is 2. The lowest BCUT2D eigenvalue weighted by atomic mass is 10.2. The van der Waals surface area contributed by atoms with Gasteiger partial charge in [0, 0.05) is 5.02 Å². The molecule has 0 unspecified atom stereocenters. The van der Waals surface area contributed by atoms with Crippen LogP contribution in [0.4, 0.5) is 11.4 Å². The molecule has 0 bridgehead atoms. The zero-order chi connectivity index (χ0) is 14.9. The molecule has 0 aliphatic heterocycles. The second-order valence-electron chi connectivity index (χ2n) is 4.23. The number of rotatable bonds is 3. The summed E-state index contributed by atoms with van der Waals surface area (Å²) < 4.78 is 27.2. The molecule has 2 aromatic carbocycles. The summed E-state index contributed by atoms with van der Waals surface area (Å²) in [5.41, 5.74) is 6.98. The van der Waals surface area contributed by atoms with Crippen molar-refractivity contribution in [1.82, 2.24) is 0 Å². The predicted octanol–water partition coefficient (Wildman–Crippen LogP) is 3.68. The van der Waals surface area contributed by atoms with E-state index in [0.717, 1.165) is 5.56 Å². The molecule has 0 aliphatic carbocycles. The average Bonchev–Trinajstić information content (AvgIpc) is 2.30. The van der Waals surface area contributed by atoms with Gasteiger partial charge in [0.15, 0.2) is 0 Å². The monoisotopic (exact) mass is 330 g/mol. The van der Waals surface area contributed by atoms with Crippen LogP contribution in [-0.2, 0) is 10.0 Å². The van der Waals surface area contributed by atoms with Crippen molar-refractivity contribution in [2.45, 2.75) is 11.8 Å². The first-order chi connectivity index (χ1) is 9.31. The third-order valence-electron chi connectivity index (χ3n) is 2.70. The van der Waals surface area contributed by atoms with Crippen molar-refractivity contribution >= 4 is 44.6 Å². The minimum Gasteiger partial charge on any atom is -0.398 e. The van der Waals surface area contributed by atoms with E-state index in [1.807, 2.05) is 6.07 Å². The number of sulfonamides is 1. The van der Waals surface area contributed by atoms with Crippen molar-refractivity contribution < 1.29 is 8.42 Å². The summed E-state index contributed by atoms with van der Waals surface area (Å²) in [5, 5.41) is 0.262. The van der Waals surface area contributed by atoms with Crippen molar-refractivity contribution in [3.63, 3.8) is 0 Å². The Hall–Kier alpha value is -1.43.